The molecular weight excluding hydrogens is 215 g/mol. The Balaban J connectivity index is 3.35. The lowest BCUT2D eigenvalue weighted by atomic mass is 10.1. The zero-order chi connectivity index (χ0) is 10.9. The minimum atomic E-state index is -4.45. The SMILES string of the molecule is CCc1cc(Cl)c(N)c(C(F)(F)F)c1. The van der Waals surface area contributed by atoms with Gasteiger partial charge in [0.15, 0.2) is 0 Å². The van der Waals surface area contributed by atoms with E-state index in [0.717, 1.165) is 6.07 Å². The molecule has 1 nitrogen and oxygen atoms in total. The summed E-state index contributed by atoms with van der Waals surface area (Å²) in [5, 5.41) is -0.0447. The monoisotopic (exact) mass is 223 g/mol. The molecular formula is C9H9ClF3N. The van der Waals surface area contributed by atoms with Gasteiger partial charge in [-0.1, -0.05) is 18.5 Å². The second-order valence-electron chi connectivity index (χ2n) is 2.89. The fourth-order valence-corrected chi connectivity index (χ4v) is 1.35. The number of nitrogens with two attached hydrogens (primary N) is 1. The van der Waals surface area contributed by atoms with Gasteiger partial charge in [-0.3, -0.25) is 0 Å². The lowest BCUT2D eigenvalue weighted by Crippen LogP contribution is -2.10. The maximum atomic E-state index is 12.4. The molecule has 0 spiro atoms. The average Bonchev–Trinajstić information content (AvgIpc) is 2.07. The number of benzene rings is 1. The Hall–Kier alpha value is -0.900. The molecule has 0 aliphatic heterocycles. The Morgan fingerprint density at radius 3 is 2.36 bits per heavy atom. The standard InChI is InChI=1S/C9H9ClF3N/c1-2-5-3-6(9(11,12)13)8(14)7(10)4-5/h3-4H,2,14H2,1H3. The molecule has 0 saturated heterocycles. The number of anilines is 1. The third kappa shape index (κ3) is 2.12. The van der Waals surface area contributed by atoms with Crippen LogP contribution in [0.5, 0.6) is 0 Å². The van der Waals surface area contributed by atoms with Crippen LogP contribution < -0.4 is 5.73 Å². The molecule has 0 heterocycles. The van der Waals surface area contributed by atoms with Crippen LogP contribution in [0.25, 0.3) is 0 Å². The second-order valence-corrected chi connectivity index (χ2v) is 3.30. The van der Waals surface area contributed by atoms with Gasteiger partial charge in [-0.25, -0.2) is 0 Å². The fraction of sp³-hybridized carbons (Fsp3) is 0.333. The molecule has 2 N–H and O–H groups in total. The van der Waals surface area contributed by atoms with E-state index in [1.807, 2.05) is 0 Å². The van der Waals surface area contributed by atoms with Gasteiger partial charge in [-0.15, -0.1) is 0 Å². The van der Waals surface area contributed by atoms with Gasteiger partial charge in [0.05, 0.1) is 16.3 Å². The number of alkyl halides is 3. The van der Waals surface area contributed by atoms with Crippen LogP contribution in [0.4, 0.5) is 18.9 Å². The highest BCUT2D eigenvalue weighted by Gasteiger charge is 2.34. The van der Waals surface area contributed by atoms with Crippen LogP contribution in [-0.4, -0.2) is 0 Å². The van der Waals surface area contributed by atoms with Gasteiger partial charge in [-0.2, -0.15) is 13.2 Å². The van der Waals surface area contributed by atoms with Crippen molar-refractivity contribution < 1.29 is 13.2 Å². The Morgan fingerprint density at radius 2 is 1.93 bits per heavy atom. The van der Waals surface area contributed by atoms with E-state index in [-0.39, 0.29) is 5.02 Å². The van der Waals surface area contributed by atoms with Crippen molar-refractivity contribution in [1.29, 1.82) is 0 Å². The van der Waals surface area contributed by atoms with Crippen LogP contribution >= 0.6 is 11.6 Å². The van der Waals surface area contributed by atoms with Crippen molar-refractivity contribution in [1.82, 2.24) is 0 Å². The molecule has 1 rings (SSSR count). The quantitative estimate of drug-likeness (QED) is 0.725. The van der Waals surface area contributed by atoms with Crippen LogP contribution in [0.1, 0.15) is 18.1 Å². The number of rotatable bonds is 1. The first-order valence-electron chi connectivity index (χ1n) is 4.01. The first-order valence-corrected chi connectivity index (χ1v) is 4.39. The van der Waals surface area contributed by atoms with E-state index in [0.29, 0.717) is 12.0 Å². The van der Waals surface area contributed by atoms with E-state index in [9.17, 15) is 13.2 Å². The van der Waals surface area contributed by atoms with Gasteiger partial charge < -0.3 is 5.73 Å². The fourth-order valence-electron chi connectivity index (χ4n) is 1.11. The smallest absolute Gasteiger partial charge is 0.397 e. The topological polar surface area (TPSA) is 26.0 Å². The molecule has 0 atom stereocenters. The molecule has 0 aliphatic carbocycles. The molecule has 78 valence electrons. The molecule has 14 heavy (non-hydrogen) atoms. The van der Waals surface area contributed by atoms with Crippen LogP contribution in [-0.2, 0) is 12.6 Å². The maximum Gasteiger partial charge on any atom is 0.418 e. The van der Waals surface area contributed by atoms with Crippen LogP contribution in [0.3, 0.4) is 0 Å². The molecule has 0 saturated carbocycles. The summed E-state index contributed by atoms with van der Waals surface area (Å²) in [4.78, 5) is 0. The normalized spacial score (nSPS) is 11.8. The summed E-state index contributed by atoms with van der Waals surface area (Å²) in [5.41, 5.74) is 4.50. The van der Waals surface area contributed by atoms with Crippen LogP contribution in [0.15, 0.2) is 12.1 Å². The van der Waals surface area contributed by atoms with Gasteiger partial charge in [0.1, 0.15) is 0 Å². The lowest BCUT2D eigenvalue weighted by Gasteiger charge is -2.12. The van der Waals surface area contributed by atoms with Crippen molar-refractivity contribution in [3.63, 3.8) is 0 Å². The van der Waals surface area contributed by atoms with Crippen molar-refractivity contribution in [2.75, 3.05) is 5.73 Å². The first kappa shape index (κ1) is 11.2. The van der Waals surface area contributed by atoms with E-state index in [1.165, 1.54) is 6.07 Å². The largest absolute Gasteiger partial charge is 0.418 e. The van der Waals surface area contributed by atoms with Gasteiger partial charge in [0.2, 0.25) is 0 Å². The van der Waals surface area contributed by atoms with E-state index in [2.05, 4.69) is 0 Å². The number of aryl methyl sites for hydroxylation is 1. The highest BCUT2D eigenvalue weighted by atomic mass is 35.5. The van der Waals surface area contributed by atoms with Gasteiger partial charge in [-0.05, 0) is 24.1 Å². The molecule has 0 aliphatic rings. The van der Waals surface area contributed by atoms with Crippen molar-refractivity contribution >= 4 is 17.3 Å². The zero-order valence-electron chi connectivity index (χ0n) is 7.45. The summed E-state index contributed by atoms with van der Waals surface area (Å²) in [7, 11) is 0. The van der Waals surface area contributed by atoms with E-state index < -0.39 is 17.4 Å². The van der Waals surface area contributed by atoms with Gasteiger partial charge >= 0.3 is 6.18 Å². The van der Waals surface area contributed by atoms with Crippen LogP contribution in [0.2, 0.25) is 5.02 Å². The summed E-state index contributed by atoms with van der Waals surface area (Å²) in [6.07, 6.45) is -3.96. The third-order valence-electron chi connectivity index (χ3n) is 1.90. The summed E-state index contributed by atoms with van der Waals surface area (Å²) in [6.45, 7) is 1.75. The molecule has 0 fully saturated rings. The number of halogens is 4. The molecule has 1 aromatic rings. The van der Waals surface area contributed by atoms with Crippen molar-refractivity contribution in [2.24, 2.45) is 0 Å². The van der Waals surface area contributed by atoms with E-state index in [4.69, 9.17) is 17.3 Å². The molecule has 0 aromatic heterocycles. The number of nitrogen functional groups attached to an aromatic ring is 1. The van der Waals surface area contributed by atoms with E-state index in [1.54, 1.807) is 6.92 Å². The van der Waals surface area contributed by atoms with Crippen LogP contribution in [0, 0.1) is 0 Å². The number of hydrogen-bond acceptors (Lipinski definition) is 1. The summed E-state index contributed by atoms with van der Waals surface area (Å²) in [5.74, 6) is 0. The second kappa shape index (κ2) is 3.69. The molecule has 0 bridgehead atoms. The lowest BCUT2D eigenvalue weighted by molar-refractivity contribution is -0.136. The van der Waals surface area contributed by atoms with Gasteiger partial charge in [0, 0.05) is 0 Å². The minimum absolute atomic E-state index is 0.0447. The van der Waals surface area contributed by atoms with E-state index >= 15 is 0 Å². The average molecular weight is 224 g/mol. The van der Waals surface area contributed by atoms with Crippen molar-refractivity contribution in [2.45, 2.75) is 19.5 Å². The first-order chi connectivity index (χ1) is 6.36. The van der Waals surface area contributed by atoms with Gasteiger partial charge in [0.25, 0.3) is 0 Å². The molecule has 5 heteroatoms. The molecule has 1 aromatic carbocycles. The predicted octanol–water partition coefficient (Wildman–Crippen LogP) is 3.50. The molecule has 0 radical (unpaired) electrons. The molecule has 0 unspecified atom stereocenters. The summed E-state index contributed by atoms with van der Waals surface area (Å²) in [6, 6.07) is 2.48. The minimum Gasteiger partial charge on any atom is -0.397 e. The number of hydrogen-bond donors (Lipinski definition) is 1. The maximum absolute atomic E-state index is 12.4. The third-order valence-corrected chi connectivity index (χ3v) is 2.22. The Kier molecular flexibility index (Phi) is 2.95. The highest BCUT2D eigenvalue weighted by Crippen LogP contribution is 2.37. The predicted molar refractivity (Wildman–Crippen MR) is 50.2 cm³/mol. The zero-order valence-corrected chi connectivity index (χ0v) is 8.21. The summed E-state index contributed by atoms with van der Waals surface area (Å²) < 4.78 is 37.2. The Labute approximate surface area is 84.7 Å². The highest BCUT2D eigenvalue weighted by molar-refractivity contribution is 6.33. The molecule has 0 amide bonds. The van der Waals surface area contributed by atoms with Crippen molar-refractivity contribution in [3.05, 3.63) is 28.3 Å². The Morgan fingerprint density at radius 1 is 1.36 bits per heavy atom. The van der Waals surface area contributed by atoms with Crippen molar-refractivity contribution in [3.8, 4) is 0 Å². The Bertz CT molecular complexity index is 347. The summed E-state index contributed by atoms with van der Waals surface area (Å²) >= 11 is 5.58.